The summed E-state index contributed by atoms with van der Waals surface area (Å²) in [5.41, 5.74) is 4.06. The molecule has 1 aromatic heterocycles. The monoisotopic (exact) mass is 334 g/mol. The standard InChI is InChI=1S/C21H18O4/c1-13-5-2-3-6-14(13)11-20(22)24-15-9-10-17-16-7-4-8-18(16)21(23)25-19(17)12-15/h2-3,5-6,9-10,12H,4,7-8,11H2,1H3. The summed E-state index contributed by atoms with van der Waals surface area (Å²) in [6, 6.07) is 13.0. The van der Waals surface area contributed by atoms with Gasteiger partial charge in [-0.3, -0.25) is 4.79 Å². The number of ether oxygens (including phenoxy) is 1. The topological polar surface area (TPSA) is 56.5 Å². The molecule has 4 nitrogen and oxygen atoms in total. The van der Waals surface area contributed by atoms with Crippen LogP contribution in [-0.2, 0) is 24.1 Å². The van der Waals surface area contributed by atoms with Crippen LogP contribution in [0.2, 0.25) is 0 Å². The van der Waals surface area contributed by atoms with Crippen molar-refractivity contribution in [2.24, 2.45) is 0 Å². The van der Waals surface area contributed by atoms with Gasteiger partial charge in [0, 0.05) is 17.0 Å². The summed E-state index contributed by atoms with van der Waals surface area (Å²) >= 11 is 0. The molecule has 25 heavy (non-hydrogen) atoms. The van der Waals surface area contributed by atoms with Crippen molar-refractivity contribution >= 4 is 16.9 Å². The summed E-state index contributed by atoms with van der Waals surface area (Å²) in [7, 11) is 0. The lowest BCUT2D eigenvalue weighted by molar-refractivity contribution is -0.133. The number of rotatable bonds is 3. The van der Waals surface area contributed by atoms with E-state index >= 15 is 0 Å². The van der Waals surface area contributed by atoms with Gasteiger partial charge >= 0.3 is 11.6 Å². The Labute approximate surface area is 145 Å². The van der Waals surface area contributed by atoms with Gasteiger partial charge in [-0.15, -0.1) is 0 Å². The lowest BCUT2D eigenvalue weighted by Crippen LogP contribution is -2.12. The smallest absolute Gasteiger partial charge is 0.339 e. The highest BCUT2D eigenvalue weighted by atomic mass is 16.5. The number of esters is 1. The molecule has 0 atom stereocenters. The van der Waals surface area contributed by atoms with Crippen molar-refractivity contribution in [3.63, 3.8) is 0 Å². The van der Waals surface area contributed by atoms with Gasteiger partial charge in [-0.2, -0.15) is 0 Å². The lowest BCUT2D eigenvalue weighted by atomic mass is 10.1. The van der Waals surface area contributed by atoms with E-state index in [0.717, 1.165) is 46.9 Å². The molecule has 0 bridgehead atoms. The molecule has 0 spiro atoms. The van der Waals surface area contributed by atoms with Crippen LogP contribution >= 0.6 is 0 Å². The van der Waals surface area contributed by atoms with Crippen LogP contribution < -0.4 is 10.4 Å². The van der Waals surface area contributed by atoms with Crippen LogP contribution in [0.25, 0.3) is 11.0 Å². The molecule has 0 fully saturated rings. The normalized spacial score (nSPS) is 13.0. The molecule has 0 radical (unpaired) electrons. The minimum Gasteiger partial charge on any atom is -0.426 e. The van der Waals surface area contributed by atoms with Gasteiger partial charge in [-0.1, -0.05) is 24.3 Å². The predicted octanol–water partition coefficient (Wildman–Crippen LogP) is 3.74. The Morgan fingerprint density at radius 3 is 2.76 bits per heavy atom. The maximum atomic E-state index is 12.2. The molecule has 126 valence electrons. The summed E-state index contributed by atoms with van der Waals surface area (Å²) in [6.45, 7) is 1.97. The SMILES string of the molecule is Cc1ccccc1CC(=O)Oc1ccc2c3c(c(=O)oc2c1)CCC3. The van der Waals surface area contributed by atoms with Gasteiger partial charge in [-0.25, -0.2) is 4.79 Å². The van der Waals surface area contributed by atoms with Crippen LogP contribution in [0.1, 0.15) is 28.7 Å². The highest BCUT2D eigenvalue weighted by Crippen LogP contribution is 2.29. The molecule has 0 saturated heterocycles. The van der Waals surface area contributed by atoms with E-state index in [1.54, 1.807) is 12.1 Å². The zero-order valence-corrected chi connectivity index (χ0v) is 14.0. The van der Waals surface area contributed by atoms with E-state index in [2.05, 4.69) is 0 Å². The molecule has 1 heterocycles. The zero-order chi connectivity index (χ0) is 17.4. The molecular formula is C21H18O4. The van der Waals surface area contributed by atoms with Crippen molar-refractivity contribution in [3.05, 3.63) is 75.1 Å². The first kappa shape index (κ1) is 15.6. The van der Waals surface area contributed by atoms with Crippen LogP contribution in [0.5, 0.6) is 5.75 Å². The van der Waals surface area contributed by atoms with Crippen molar-refractivity contribution in [3.8, 4) is 5.75 Å². The first-order chi connectivity index (χ1) is 12.1. The summed E-state index contributed by atoms with van der Waals surface area (Å²) in [5.74, 6) is 0.0596. The van der Waals surface area contributed by atoms with E-state index in [9.17, 15) is 9.59 Å². The molecule has 3 aromatic rings. The van der Waals surface area contributed by atoms with E-state index in [0.29, 0.717) is 11.3 Å². The second kappa shape index (κ2) is 6.20. The van der Waals surface area contributed by atoms with Gasteiger partial charge in [0.1, 0.15) is 11.3 Å². The number of carbonyl (C=O) groups excluding carboxylic acids is 1. The number of fused-ring (bicyclic) bond motifs is 3. The molecule has 2 aromatic carbocycles. The van der Waals surface area contributed by atoms with Gasteiger partial charge in [-0.05, 0) is 55.0 Å². The Kier molecular flexibility index (Phi) is 3.88. The highest BCUT2D eigenvalue weighted by Gasteiger charge is 2.20. The van der Waals surface area contributed by atoms with Crippen molar-refractivity contribution in [1.29, 1.82) is 0 Å². The molecule has 0 saturated carbocycles. The Hall–Kier alpha value is -2.88. The zero-order valence-electron chi connectivity index (χ0n) is 14.0. The fourth-order valence-electron chi connectivity index (χ4n) is 3.46. The largest absolute Gasteiger partial charge is 0.426 e. The molecule has 1 aliphatic rings. The van der Waals surface area contributed by atoms with E-state index in [4.69, 9.17) is 9.15 Å². The minimum absolute atomic E-state index is 0.207. The Morgan fingerprint density at radius 2 is 1.92 bits per heavy atom. The fourth-order valence-corrected chi connectivity index (χ4v) is 3.46. The van der Waals surface area contributed by atoms with Crippen LogP contribution in [0.4, 0.5) is 0 Å². The van der Waals surface area contributed by atoms with Crippen LogP contribution in [-0.4, -0.2) is 5.97 Å². The third-order valence-electron chi connectivity index (χ3n) is 4.77. The molecule has 0 unspecified atom stereocenters. The third kappa shape index (κ3) is 2.95. The first-order valence-corrected chi connectivity index (χ1v) is 8.45. The van der Waals surface area contributed by atoms with Crippen LogP contribution in [0, 0.1) is 6.92 Å². The molecule has 1 aliphatic carbocycles. The summed E-state index contributed by atoms with van der Waals surface area (Å²) in [6.07, 6.45) is 2.86. The summed E-state index contributed by atoms with van der Waals surface area (Å²) in [4.78, 5) is 24.3. The summed E-state index contributed by atoms with van der Waals surface area (Å²) < 4.78 is 10.9. The minimum atomic E-state index is -0.336. The second-order valence-electron chi connectivity index (χ2n) is 6.44. The Morgan fingerprint density at radius 1 is 1.12 bits per heavy atom. The molecule has 4 rings (SSSR count). The number of aryl methyl sites for hydroxylation is 2. The molecule has 0 aliphatic heterocycles. The van der Waals surface area contributed by atoms with Crippen molar-refractivity contribution in [2.75, 3.05) is 0 Å². The fraction of sp³-hybridized carbons (Fsp3) is 0.238. The molecule has 0 N–H and O–H groups in total. The number of benzene rings is 2. The molecule has 0 amide bonds. The number of hydrogen-bond donors (Lipinski definition) is 0. The molecule has 4 heteroatoms. The van der Waals surface area contributed by atoms with Crippen molar-refractivity contribution in [2.45, 2.75) is 32.6 Å². The average molecular weight is 334 g/mol. The van der Waals surface area contributed by atoms with E-state index in [1.165, 1.54) is 0 Å². The average Bonchev–Trinajstić information content (AvgIpc) is 3.07. The van der Waals surface area contributed by atoms with Crippen molar-refractivity contribution in [1.82, 2.24) is 0 Å². The summed E-state index contributed by atoms with van der Waals surface area (Å²) in [5, 5.41) is 0.936. The van der Waals surface area contributed by atoms with Gasteiger partial charge in [0.2, 0.25) is 0 Å². The number of hydrogen-bond acceptors (Lipinski definition) is 4. The Balaban J connectivity index is 1.60. The van der Waals surface area contributed by atoms with Crippen molar-refractivity contribution < 1.29 is 13.9 Å². The quantitative estimate of drug-likeness (QED) is 0.416. The second-order valence-corrected chi connectivity index (χ2v) is 6.44. The van der Waals surface area contributed by atoms with E-state index in [1.807, 2.05) is 37.3 Å². The maximum Gasteiger partial charge on any atom is 0.339 e. The number of carbonyl (C=O) groups is 1. The Bertz CT molecular complexity index is 1030. The molecular weight excluding hydrogens is 316 g/mol. The van der Waals surface area contributed by atoms with Crippen LogP contribution in [0.15, 0.2) is 51.7 Å². The highest BCUT2D eigenvalue weighted by molar-refractivity contribution is 5.84. The van der Waals surface area contributed by atoms with E-state index < -0.39 is 0 Å². The van der Waals surface area contributed by atoms with E-state index in [-0.39, 0.29) is 18.0 Å². The van der Waals surface area contributed by atoms with Gasteiger partial charge in [0.05, 0.1) is 6.42 Å². The maximum absolute atomic E-state index is 12.2. The first-order valence-electron chi connectivity index (χ1n) is 8.45. The van der Waals surface area contributed by atoms with Crippen LogP contribution in [0.3, 0.4) is 0 Å². The predicted molar refractivity (Wildman–Crippen MR) is 95.0 cm³/mol. The van der Waals surface area contributed by atoms with Gasteiger partial charge in [0.15, 0.2) is 0 Å². The third-order valence-corrected chi connectivity index (χ3v) is 4.77. The lowest BCUT2D eigenvalue weighted by Gasteiger charge is -2.08. The van der Waals surface area contributed by atoms with Gasteiger partial charge in [0.25, 0.3) is 0 Å². The van der Waals surface area contributed by atoms with Gasteiger partial charge < -0.3 is 9.15 Å².